The summed E-state index contributed by atoms with van der Waals surface area (Å²) in [6, 6.07) is 12.6. The molecule has 12 heteroatoms. The van der Waals surface area contributed by atoms with E-state index < -0.39 is 17.4 Å². The molecule has 0 radical (unpaired) electrons. The fourth-order valence-corrected chi connectivity index (χ4v) is 9.07. The summed E-state index contributed by atoms with van der Waals surface area (Å²) >= 11 is 0. The van der Waals surface area contributed by atoms with Crippen LogP contribution in [-0.4, -0.2) is 65.1 Å². The molecule has 0 atom stereocenters. The highest BCUT2D eigenvalue weighted by atomic mass is 16.5. The molecule has 1 aliphatic heterocycles. The minimum atomic E-state index is -1.32. The van der Waals surface area contributed by atoms with Crippen LogP contribution in [0.25, 0.3) is 16.9 Å². The number of hydrogen-bond donors (Lipinski definition) is 5. The SMILES string of the molecule is COc1cccc(OC)c1-c1cc(C(=O)NC2(C(=O)O)C3CC4CC(C3)CC2C4)nn1-c1ccc(C(=O)NCCC2NC=CN2)cc1C(C)C. The topological polar surface area (TPSA) is 156 Å². The largest absolute Gasteiger partial charge is 0.496 e. The highest BCUT2D eigenvalue weighted by molar-refractivity contribution is 5.98. The van der Waals surface area contributed by atoms with Gasteiger partial charge in [-0.15, -0.1) is 0 Å². The molecule has 12 nitrogen and oxygen atoms in total. The van der Waals surface area contributed by atoms with Crippen LogP contribution in [-0.2, 0) is 4.79 Å². The van der Waals surface area contributed by atoms with Crippen LogP contribution in [0, 0.1) is 23.7 Å². The first kappa shape index (κ1) is 33.5. The first-order valence-electron chi connectivity index (χ1n) is 17.6. The van der Waals surface area contributed by atoms with E-state index in [2.05, 4.69) is 21.3 Å². The van der Waals surface area contributed by atoms with Gasteiger partial charge in [0.15, 0.2) is 5.69 Å². The Kier molecular flexibility index (Phi) is 8.96. The minimum absolute atomic E-state index is 0.0204. The molecule has 1 aromatic heterocycles. The van der Waals surface area contributed by atoms with Gasteiger partial charge >= 0.3 is 5.97 Å². The van der Waals surface area contributed by atoms with Gasteiger partial charge in [-0.3, -0.25) is 9.59 Å². The normalized spacial score (nSPS) is 24.9. The Labute approximate surface area is 292 Å². The number of carboxylic acid groups (broad SMARTS) is 1. The van der Waals surface area contributed by atoms with E-state index in [0.717, 1.165) is 37.7 Å². The maximum Gasteiger partial charge on any atom is 0.330 e. The number of aromatic nitrogens is 2. The number of rotatable bonds is 12. The number of carbonyl (C=O) groups is 3. The summed E-state index contributed by atoms with van der Waals surface area (Å²) in [7, 11) is 3.13. The molecule has 4 aliphatic carbocycles. The highest BCUT2D eigenvalue weighted by Crippen LogP contribution is 2.58. The summed E-state index contributed by atoms with van der Waals surface area (Å²) in [5.41, 5.74) is 1.91. The summed E-state index contributed by atoms with van der Waals surface area (Å²) in [6.45, 7) is 4.56. The fraction of sp³-hybridized carbons (Fsp3) is 0.474. The third kappa shape index (κ3) is 5.84. The number of aliphatic carboxylic acids is 1. The lowest BCUT2D eigenvalue weighted by atomic mass is 9.48. The van der Waals surface area contributed by atoms with Gasteiger partial charge in [0, 0.05) is 30.9 Å². The maximum absolute atomic E-state index is 14.3. The highest BCUT2D eigenvalue weighted by Gasteiger charge is 2.62. The predicted molar refractivity (Wildman–Crippen MR) is 187 cm³/mol. The summed E-state index contributed by atoms with van der Waals surface area (Å²) in [5.74, 6) is 0.181. The van der Waals surface area contributed by atoms with Crippen LogP contribution in [0.2, 0.25) is 0 Å². The van der Waals surface area contributed by atoms with Crippen LogP contribution in [0.5, 0.6) is 11.5 Å². The zero-order valence-electron chi connectivity index (χ0n) is 29.0. The number of carboxylic acids is 1. The van der Waals surface area contributed by atoms with Gasteiger partial charge in [0.1, 0.15) is 17.0 Å². The molecule has 2 heterocycles. The van der Waals surface area contributed by atoms with E-state index in [1.807, 2.05) is 56.6 Å². The third-order valence-electron chi connectivity index (χ3n) is 11.3. The van der Waals surface area contributed by atoms with E-state index in [0.29, 0.717) is 58.8 Å². The van der Waals surface area contributed by atoms with Crippen molar-refractivity contribution in [3.8, 4) is 28.4 Å². The van der Waals surface area contributed by atoms with Crippen LogP contribution in [0.4, 0.5) is 0 Å². The number of benzene rings is 2. The van der Waals surface area contributed by atoms with Crippen molar-refractivity contribution in [2.75, 3.05) is 20.8 Å². The molecule has 0 unspecified atom stereocenters. The Bertz CT molecular complexity index is 1770. The van der Waals surface area contributed by atoms with Crippen molar-refractivity contribution < 1.29 is 29.0 Å². The lowest BCUT2D eigenvalue weighted by molar-refractivity contribution is -0.163. The van der Waals surface area contributed by atoms with E-state index >= 15 is 0 Å². The summed E-state index contributed by atoms with van der Waals surface area (Å²) < 4.78 is 13.2. The first-order valence-corrected chi connectivity index (χ1v) is 17.6. The molecular formula is C38H46N6O6. The monoisotopic (exact) mass is 682 g/mol. The molecule has 3 aromatic rings. The second-order valence-corrected chi connectivity index (χ2v) is 14.5. The van der Waals surface area contributed by atoms with Crippen LogP contribution < -0.4 is 30.7 Å². The Morgan fingerprint density at radius 3 is 2.16 bits per heavy atom. The van der Waals surface area contributed by atoms with Crippen molar-refractivity contribution in [2.45, 2.75) is 70.0 Å². The van der Waals surface area contributed by atoms with Crippen molar-refractivity contribution >= 4 is 17.8 Å². The molecule has 5 N–H and O–H groups in total. The zero-order chi connectivity index (χ0) is 35.2. The lowest BCUT2D eigenvalue weighted by Gasteiger charge is -2.59. The maximum atomic E-state index is 14.3. The van der Waals surface area contributed by atoms with E-state index in [-0.39, 0.29) is 35.5 Å². The number of nitrogens with one attached hydrogen (secondary N) is 4. The second-order valence-electron chi connectivity index (χ2n) is 14.5. The van der Waals surface area contributed by atoms with Crippen molar-refractivity contribution in [3.63, 3.8) is 0 Å². The first-order chi connectivity index (χ1) is 24.1. The van der Waals surface area contributed by atoms with Crippen LogP contribution in [0.3, 0.4) is 0 Å². The van der Waals surface area contributed by atoms with Crippen molar-refractivity contribution in [3.05, 3.63) is 71.7 Å². The molecule has 2 aromatic carbocycles. The van der Waals surface area contributed by atoms with Crippen molar-refractivity contribution in [2.24, 2.45) is 23.7 Å². The van der Waals surface area contributed by atoms with Gasteiger partial charge < -0.3 is 35.8 Å². The van der Waals surface area contributed by atoms with Gasteiger partial charge in [0.25, 0.3) is 11.8 Å². The average Bonchev–Trinajstić information content (AvgIpc) is 3.79. The van der Waals surface area contributed by atoms with Gasteiger partial charge in [0.2, 0.25) is 0 Å². The number of nitrogens with zero attached hydrogens (tertiary/aromatic N) is 2. The van der Waals surface area contributed by atoms with Crippen LogP contribution >= 0.6 is 0 Å². The Morgan fingerprint density at radius 1 is 0.940 bits per heavy atom. The molecule has 4 saturated carbocycles. The van der Waals surface area contributed by atoms with Crippen molar-refractivity contribution in [1.82, 2.24) is 31.0 Å². The molecule has 4 fully saturated rings. The zero-order valence-corrected chi connectivity index (χ0v) is 29.0. The van der Waals surface area contributed by atoms with Gasteiger partial charge in [-0.2, -0.15) is 5.10 Å². The molecule has 4 bridgehead atoms. The number of carbonyl (C=O) groups excluding carboxylic acids is 2. The Balaban J connectivity index is 1.27. The summed E-state index contributed by atoms with van der Waals surface area (Å²) in [5, 5.41) is 28.0. The molecule has 0 spiro atoms. The van der Waals surface area contributed by atoms with Gasteiger partial charge in [-0.1, -0.05) is 19.9 Å². The molecule has 5 aliphatic rings. The number of amides is 2. The Morgan fingerprint density at radius 2 is 1.58 bits per heavy atom. The van der Waals surface area contributed by atoms with Gasteiger partial charge in [-0.05, 0) is 104 Å². The smallest absolute Gasteiger partial charge is 0.330 e. The average molecular weight is 683 g/mol. The predicted octanol–water partition coefficient (Wildman–Crippen LogP) is 4.80. The standard InChI is InChI=1S/C38H46N6O6/c1-21(2)27-19-24(35(45)41-11-10-33-39-12-13-40-33)8-9-29(27)44-30(34-31(49-3)6-5-7-32(34)50-4)20-28(43-44)36(46)42-38(37(47)48)25-15-22-14-23(17-25)18-26(38)16-22/h5-9,12-13,19-23,25-26,33,39-40H,10-11,14-18H2,1-4H3,(H,41,45)(H,42,46)(H,47,48). The molecular weight excluding hydrogens is 636 g/mol. The quantitative estimate of drug-likeness (QED) is 0.181. The van der Waals surface area contributed by atoms with Crippen LogP contribution in [0.1, 0.15) is 84.7 Å². The molecule has 2 amide bonds. The Hall–Kier alpha value is -5.00. The number of methoxy groups -OCH3 is 2. The summed E-state index contributed by atoms with van der Waals surface area (Å²) in [6.07, 6.45) is 8.91. The van der Waals surface area contributed by atoms with E-state index in [1.165, 1.54) is 0 Å². The van der Waals surface area contributed by atoms with E-state index in [9.17, 15) is 19.5 Å². The summed E-state index contributed by atoms with van der Waals surface area (Å²) in [4.78, 5) is 40.6. The number of ether oxygens (including phenoxy) is 2. The van der Waals surface area contributed by atoms with Crippen molar-refractivity contribution in [1.29, 1.82) is 0 Å². The molecule has 50 heavy (non-hydrogen) atoms. The fourth-order valence-electron chi connectivity index (χ4n) is 9.07. The molecule has 264 valence electrons. The molecule has 0 saturated heterocycles. The van der Waals surface area contributed by atoms with E-state index in [4.69, 9.17) is 14.6 Å². The molecule has 8 rings (SSSR count). The van der Waals surface area contributed by atoms with Crippen LogP contribution in [0.15, 0.2) is 54.9 Å². The lowest BCUT2D eigenvalue weighted by Crippen LogP contribution is -2.70. The number of hydrogen-bond acceptors (Lipinski definition) is 8. The third-order valence-corrected chi connectivity index (χ3v) is 11.3. The minimum Gasteiger partial charge on any atom is -0.496 e. The van der Waals surface area contributed by atoms with Gasteiger partial charge in [-0.25, -0.2) is 9.48 Å². The van der Waals surface area contributed by atoms with Gasteiger partial charge in [0.05, 0.1) is 37.3 Å². The van der Waals surface area contributed by atoms with E-state index in [1.54, 1.807) is 31.0 Å². The second kappa shape index (κ2) is 13.4.